The third kappa shape index (κ3) is 3.66. The predicted octanol–water partition coefficient (Wildman–Crippen LogP) is 6.00. The number of halogens is 2. The second-order valence-corrected chi connectivity index (χ2v) is 7.04. The standard InChI is InChI=1S/C23H16BrFN2O/c24-23-26-21(17-7-3-1-4-8-17)22(18-9-5-2-6-10-18)27(23)15-20(28)16-11-13-19(25)14-12-16/h1-14H,15H2. The van der Waals surface area contributed by atoms with Crippen LogP contribution >= 0.6 is 15.9 Å². The van der Waals surface area contributed by atoms with Gasteiger partial charge in [0.05, 0.1) is 17.9 Å². The van der Waals surface area contributed by atoms with Crippen molar-refractivity contribution in [1.29, 1.82) is 0 Å². The highest BCUT2D eigenvalue weighted by Gasteiger charge is 2.21. The number of carbonyl (C=O) groups excluding carboxylic acids is 1. The second kappa shape index (κ2) is 7.90. The number of Topliss-reactive ketones (excluding diaryl/α,β-unsaturated/α-hetero) is 1. The van der Waals surface area contributed by atoms with Gasteiger partial charge in [0.15, 0.2) is 10.5 Å². The molecule has 0 N–H and O–H groups in total. The molecule has 4 aromatic rings. The van der Waals surface area contributed by atoms with Crippen LogP contribution in [0.25, 0.3) is 22.5 Å². The predicted molar refractivity (Wildman–Crippen MR) is 112 cm³/mol. The van der Waals surface area contributed by atoms with Crippen molar-refractivity contribution in [3.63, 3.8) is 0 Å². The number of ketones is 1. The van der Waals surface area contributed by atoms with Crippen molar-refractivity contribution in [3.8, 4) is 22.5 Å². The van der Waals surface area contributed by atoms with Crippen LogP contribution in [0, 0.1) is 5.82 Å². The lowest BCUT2D eigenvalue weighted by Gasteiger charge is -2.11. The summed E-state index contributed by atoms with van der Waals surface area (Å²) in [5.41, 5.74) is 4.04. The Morgan fingerprint density at radius 3 is 2.04 bits per heavy atom. The van der Waals surface area contributed by atoms with E-state index < -0.39 is 0 Å². The first-order valence-corrected chi connectivity index (χ1v) is 9.58. The molecule has 0 aliphatic heterocycles. The first kappa shape index (κ1) is 18.3. The number of imidazole rings is 1. The molecule has 0 saturated carbocycles. The maximum absolute atomic E-state index is 13.2. The van der Waals surface area contributed by atoms with Gasteiger partial charge in [-0.05, 0) is 40.2 Å². The normalized spacial score (nSPS) is 10.8. The third-order valence-corrected chi connectivity index (χ3v) is 5.09. The molecule has 3 aromatic carbocycles. The Balaban J connectivity index is 1.82. The van der Waals surface area contributed by atoms with Crippen LogP contribution in [0.2, 0.25) is 0 Å². The van der Waals surface area contributed by atoms with Crippen molar-refractivity contribution < 1.29 is 9.18 Å². The Kier molecular flexibility index (Phi) is 5.17. The molecule has 0 fully saturated rings. The highest BCUT2D eigenvalue weighted by molar-refractivity contribution is 9.10. The van der Waals surface area contributed by atoms with Gasteiger partial charge in [0.25, 0.3) is 0 Å². The van der Waals surface area contributed by atoms with Gasteiger partial charge in [0, 0.05) is 16.7 Å². The van der Waals surface area contributed by atoms with E-state index in [0.29, 0.717) is 10.3 Å². The molecule has 0 aliphatic rings. The Morgan fingerprint density at radius 2 is 1.43 bits per heavy atom. The van der Waals surface area contributed by atoms with Crippen LogP contribution < -0.4 is 0 Å². The zero-order valence-corrected chi connectivity index (χ0v) is 16.4. The van der Waals surface area contributed by atoms with Crippen molar-refractivity contribution in [2.45, 2.75) is 6.54 Å². The molecule has 3 nitrogen and oxygen atoms in total. The second-order valence-electron chi connectivity index (χ2n) is 6.33. The van der Waals surface area contributed by atoms with Crippen LogP contribution in [0.3, 0.4) is 0 Å². The summed E-state index contributed by atoms with van der Waals surface area (Å²) in [5.74, 6) is -0.480. The van der Waals surface area contributed by atoms with Gasteiger partial charge in [-0.3, -0.25) is 4.79 Å². The lowest BCUT2D eigenvalue weighted by Crippen LogP contribution is -2.12. The summed E-state index contributed by atoms with van der Waals surface area (Å²) in [6.07, 6.45) is 0. The third-order valence-electron chi connectivity index (χ3n) is 4.48. The molecule has 28 heavy (non-hydrogen) atoms. The number of benzene rings is 3. The van der Waals surface area contributed by atoms with Crippen LogP contribution in [0.4, 0.5) is 4.39 Å². The van der Waals surface area contributed by atoms with Crippen LogP contribution in [-0.4, -0.2) is 15.3 Å². The van der Waals surface area contributed by atoms with Crippen molar-refractivity contribution >= 4 is 21.7 Å². The van der Waals surface area contributed by atoms with Crippen molar-refractivity contribution in [2.24, 2.45) is 0 Å². The minimum atomic E-state index is -0.364. The van der Waals surface area contributed by atoms with Crippen LogP contribution in [-0.2, 0) is 6.54 Å². The van der Waals surface area contributed by atoms with E-state index >= 15 is 0 Å². The minimum absolute atomic E-state index is 0.0935. The number of aromatic nitrogens is 2. The fourth-order valence-electron chi connectivity index (χ4n) is 3.13. The summed E-state index contributed by atoms with van der Waals surface area (Å²) < 4.78 is 15.6. The first-order valence-electron chi connectivity index (χ1n) is 8.79. The SMILES string of the molecule is O=C(Cn1c(Br)nc(-c2ccccc2)c1-c1ccccc1)c1ccc(F)cc1. The van der Waals surface area contributed by atoms with Gasteiger partial charge >= 0.3 is 0 Å². The zero-order valence-electron chi connectivity index (χ0n) is 14.8. The van der Waals surface area contributed by atoms with E-state index in [0.717, 1.165) is 22.5 Å². The minimum Gasteiger partial charge on any atom is -0.310 e. The van der Waals surface area contributed by atoms with Gasteiger partial charge in [-0.25, -0.2) is 9.37 Å². The number of carbonyl (C=O) groups is 1. The van der Waals surface area contributed by atoms with E-state index in [-0.39, 0.29) is 18.1 Å². The molecule has 0 spiro atoms. The van der Waals surface area contributed by atoms with Gasteiger partial charge in [0.1, 0.15) is 5.82 Å². The van der Waals surface area contributed by atoms with E-state index in [1.165, 1.54) is 24.3 Å². The lowest BCUT2D eigenvalue weighted by molar-refractivity contribution is 0.0971. The molecule has 0 atom stereocenters. The van der Waals surface area contributed by atoms with E-state index in [4.69, 9.17) is 0 Å². The quantitative estimate of drug-likeness (QED) is 0.361. The molecule has 1 heterocycles. The molecule has 0 unspecified atom stereocenters. The maximum atomic E-state index is 13.2. The van der Waals surface area contributed by atoms with Crippen LogP contribution in [0.5, 0.6) is 0 Å². The van der Waals surface area contributed by atoms with E-state index in [2.05, 4.69) is 20.9 Å². The average Bonchev–Trinajstić information content (AvgIpc) is 3.06. The highest BCUT2D eigenvalue weighted by atomic mass is 79.9. The molecule has 0 amide bonds. The Hall–Kier alpha value is -3.05. The van der Waals surface area contributed by atoms with Crippen molar-refractivity contribution in [2.75, 3.05) is 0 Å². The molecular weight excluding hydrogens is 419 g/mol. The van der Waals surface area contributed by atoms with Crippen LogP contribution in [0.1, 0.15) is 10.4 Å². The summed E-state index contributed by atoms with van der Waals surface area (Å²) in [4.78, 5) is 17.5. The Bertz CT molecular complexity index is 1110. The zero-order chi connectivity index (χ0) is 19.5. The lowest BCUT2D eigenvalue weighted by atomic mass is 10.0. The summed E-state index contributed by atoms with van der Waals surface area (Å²) in [7, 11) is 0. The van der Waals surface area contributed by atoms with Crippen molar-refractivity contribution in [1.82, 2.24) is 9.55 Å². The maximum Gasteiger partial charge on any atom is 0.182 e. The van der Waals surface area contributed by atoms with Gasteiger partial charge in [0.2, 0.25) is 0 Å². The fourth-order valence-corrected chi connectivity index (χ4v) is 3.61. The highest BCUT2D eigenvalue weighted by Crippen LogP contribution is 2.34. The number of hydrogen-bond donors (Lipinski definition) is 0. The molecule has 0 radical (unpaired) electrons. The molecule has 0 bridgehead atoms. The average molecular weight is 435 g/mol. The first-order chi connectivity index (χ1) is 13.6. The summed E-state index contributed by atoms with van der Waals surface area (Å²) in [5, 5.41) is 0. The topological polar surface area (TPSA) is 34.9 Å². The van der Waals surface area contributed by atoms with Crippen molar-refractivity contribution in [3.05, 3.63) is 101 Å². The largest absolute Gasteiger partial charge is 0.310 e. The fraction of sp³-hybridized carbons (Fsp3) is 0.0435. The number of hydrogen-bond acceptors (Lipinski definition) is 2. The summed E-state index contributed by atoms with van der Waals surface area (Å²) in [6.45, 7) is 0.0935. The van der Waals surface area contributed by atoms with Gasteiger partial charge in [-0.2, -0.15) is 0 Å². The van der Waals surface area contributed by atoms with Gasteiger partial charge in [-0.15, -0.1) is 0 Å². The molecule has 0 saturated heterocycles. The van der Waals surface area contributed by atoms with E-state index in [1.54, 1.807) is 0 Å². The number of nitrogens with zero attached hydrogens (tertiary/aromatic N) is 2. The number of rotatable bonds is 5. The molecule has 138 valence electrons. The smallest absolute Gasteiger partial charge is 0.182 e. The van der Waals surface area contributed by atoms with Gasteiger partial charge in [-0.1, -0.05) is 60.7 Å². The Labute approximate surface area is 170 Å². The van der Waals surface area contributed by atoms with E-state index in [9.17, 15) is 9.18 Å². The summed E-state index contributed by atoms with van der Waals surface area (Å²) in [6, 6.07) is 25.3. The summed E-state index contributed by atoms with van der Waals surface area (Å²) >= 11 is 3.51. The van der Waals surface area contributed by atoms with Gasteiger partial charge < -0.3 is 4.57 Å². The molecular formula is C23H16BrFN2O. The Morgan fingerprint density at radius 1 is 0.857 bits per heavy atom. The van der Waals surface area contributed by atoms with Crippen LogP contribution in [0.15, 0.2) is 89.7 Å². The molecule has 1 aromatic heterocycles. The molecule has 5 heteroatoms. The monoisotopic (exact) mass is 434 g/mol. The van der Waals surface area contributed by atoms with E-state index in [1.807, 2.05) is 65.2 Å². The molecule has 0 aliphatic carbocycles. The molecule has 4 rings (SSSR count).